The topological polar surface area (TPSA) is 76.1 Å². The van der Waals surface area contributed by atoms with Crippen LogP contribution in [0.25, 0.3) is 5.76 Å². The van der Waals surface area contributed by atoms with E-state index in [1.54, 1.807) is 48.5 Å². The Kier molecular flexibility index (Phi) is 6.18. The smallest absolute Gasteiger partial charge is 0.300 e. The number of hydrogen-bond donors (Lipinski definition) is 1. The first-order valence-corrected chi connectivity index (χ1v) is 10.7. The molecule has 3 aromatic rings. The lowest BCUT2D eigenvalue weighted by molar-refractivity contribution is -0.132. The van der Waals surface area contributed by atoms with Crippen LogP contribution >= 0.6 is 0 Å². The number of aryl methyl sites for hydroxylation is 1. The fourth-order valence-electron chi connectivity index (χ4n) is 4.07. The van der Waals surface area contributed by atoms with Crippen molar-refractivity contribution in [3.63, 3.8) is 0 Å². The van der Waals surface area contributed by atoms with Crippen LogP contribution in [0, 0.1) is 6.92 Å². The van der Waals surface area contributed by atoms with Crippen molar-refractivity contribution in [3.8, 4) is 11.5 Å². The van der Waals surface area contributed by atoms with Crippen molar-refractivity contribution in [2.45, 2.75) is 19.9 Å². The summed E-state index contributed by atoms with van der Waals surface area (Å²) in [7, 11) is 1.54. The van der Waals surface area contributed by atoms with Crippen LogP contribution in [0.4, 0.5) is 5.69 Å². The second kappa shape index (κ2) is 9.20. The molecule has 0 aliphatic carbocycles. The minimum Gasteiger partial charge on any atom is -0.507 e. The Morgan fingerprint density at radius 1 is 0.970 bits per heavy atom. The van der Waals surface area contributed by atoms with Crippen LogP contribution in [-0.4, -0.2) is 30.5 Å². The first-order valence-electron chi connectivity index (χ1n) is 10.7. The summed E-state index contributed by atoms with van der Waals surface area (Å²) in [6.07, 6.45) is 0. The number of amides is 1. The molecule has 168 valence electrons. The number of ketones is 1. The van der Waals surface area contributed by atoms with Gasteiger partial charge in [-0.15, -0.1) is 0 Å². The first-order chi connectivity index (χ1) is 15.9. The summed E-state index contributed by atoms with van der Waals surface area (Å²) in [6, 6.07) is 20.6. The van der Waals surface area contributed by atoms with Gasteiger partial charge in [0.05, 0.1) is 25.3 Å². The van der Waals surface area contributed by atoms with Gasteiger partial charge in [0.2, 0.25) is 0 Å². The Bertz CT molecular complexity index is 1250. The van der Waals surface area contributed by atoms with Gasteiger partial charge >= 0.3 is 0 Å². The van der Waals surface area contributed by atoms with Gasteiger partial charge in [-0.25, -0.2) is 0 Å². The zero-order valence-electron chi connectivity index (χ0n) is 18.7. The molecule has 33 heavy (non-hydrogen) atoms. The highest BCUT2D eigenvalue weighted by Gasteiger charge is 2.47. The summed E-state index contributed by atoms with van der Waals surface area (Å²) >= 11 is 0. The average Bonchev–Trinajstić information content (AvgIpc) is 3.09. The third-order valence-electron chi connectivity index (χ3n) is 5.55. The molecule has 1 saturated heterocycles. The van der Waals surface area contributed by atoms with E-state index in [4.69, 9.17) is 9.47 Å². The fraction of sp³-hybridized carbons (Fsp3) is 0.185. The molecule has 3 aromatic carbocycles. The largest absolute Gasteiger partial charge is 0.507 e. The lowest BCUT2D eigenvalue weighted by atomic mass is 9.94. The summed E-state index contributed by atoms with van der Waals surface area (Å²) in [6.45, 7) is 4.27. The van der Waals surface area contributed by atoms with Gasteiger partial charge in [0, 0.05) is 17.3 Å². The Labute approximate surface area is 192 Å². The normalized spacial score (nSPS) is 17.3. The molecule has 0 aromatic heterocycles. The molecule has 0 saturated carbocycles. The molecule has 1 unspecified atom stereocenters. The van der Waals surface area contributed by atoms with Gasteiger partial charge in [0.15, 0.2) is 0 Å². The van der Waals surface area contributed by atoms with E-state index in [1.165, 1.54) is 12.0 Å². The molecule has 1 heterocycles. The quantitative estimate of drug-likeness (QED) is 0.329. The second-order valence-corrected chi connectivity index (χ2v) is 7.75. The molecular weight excluding hydrogens is 418 g/mol. The Morgan fingerprint density at radius 2 is 1.70 bits per heavy atom. The van der Waals surface area contributed by atoms with E-state index in [2.05, 4.69) is 0 Å². The minimum atomic E-state index is -0.798. The number of aliphatic hydroxyl groups is 1. The van der Waals surface area contributed by atoms with Gasteiger partial charge < -0.3 is 14.6 Å². The molecule has 1 fully saturated rings. The number of ether oxygens (including phenoxy) is 2. The second-order valence-electron chi connectivity index (χ2n) is 7.75. The summed E-state index contributed by atoms with van der Waals surface area (Å²) < 4.78 is 10.9. The van der Waals surface area contributed by atoms with Crippen molar-refractivity contribution in [2.75, 3.05) is 18.6 Å². The number of carbonyl (C=O) groups is 2. The van der Waals surface area contributed by atoms with Crippen molar-refractivity contribution < 1.29 is 24.2 Å². The lowest BCUT2D eigenvalue weighted by Crippen LogP contribution is -2.29. The number of carbonyl (C=O) groups excluding carboxylic acids is 2. The molecule has 1 aliphatic heterocycles. The number of benzene rings is 3. The van der Waals surface area contributed by atoms with Crippen LogP contribution < -0.4 is 14.4 Å². The average molecular weight is 443 g/mol. The van der Waals surface area contributed by atoms with E-state index in [0.717, 1.165) is 11.1 Å². The maximum atomic E-state index is 13.3. The Morgan fingerprint density at radius 3 is 2.42 bits per heavy atom. The molecule has 1 amide bonds. The summed E-state index contributed by atoms with van der Waals surface area (Å²) in [5.41, 5.74) is 2.64. The molecule has 6 nitrogen and oxygen atoms in total. The molecule has 1 aliphatic rings. The number of hydrogen-bond acceptors (Lipinski definition) is 5. The third kappa shape index (κ3) is 4.20. The van der Waals surface area contributed by atoms with Gasteiger partial charge in [-0.3, -0.25) is 14.5 Å². The van der Waals surface area contributed by atoms with Crippen LogP contribution in [0.2, 0.25) is 0 Å². The maximum Gasteiger partial charge on any atom is 0.300 e. The molecule has 1 N–H and O–H groups in total. The predicted molar refractivity (Wildman–Crippen MR) is 127 cm³/mol. The molecular formula is C27H25NO5. The van der Waals surface area contributed by atoms with E-state index in [0.29, 0.717) is 29.4 Å². The van der Waals surface area contributed by atoms with Crippen LogP contribution in [-0.2, 0) is 9.59 Å². The van der Waals surface area contributed by atoms with E-state index in [-0.39, 0.29) is 11.3 Å². The monoisotopic (exact) mass is 443 g/mol. The van der Waals surface area contributed by atoms with Crippen molar-refractivity contribution in [1.29, 1.82) is 0 Å². The van der Waals surface area contributed by atoms with Crippen LogP contribution in [0.15, 0.2) is 78.4 Å². The highest BCUT2D eigenvalue weighted by molar-refractivity contribution is 6.51. The molecule has 1 atom stereocenters. The van der Waals surface area contributed by atoms with Gasteiger partial charge in [0.25, 0.3) is 11.7 Å². The minimum absolute atomic E-state index is 0.0297. The van der Waals surface area contributed by atoms with Gasteiger partial charge in [0.1, 0.15) is 17.3 Å². The van der Waals surface area contributed by atoms with Gasteiger partial charge in [-0.2, -0.15) is 0 Å². The SMILES string of the molecule is CCOc1cccc(/C(O)=C2\C(=O)C(=O)N(c3cccc(OC)c3)C2c2cccc(C)c2)c1. The van der Waals surface area contributed by atoms with E-state index < -0.39 is 17.7 Å². The van der Waals surface area contributed by atoms with Gasteiger partial charge in [-0.1, -0.05) is 48.0 Å². The molecule has 6 heteroatoms. The van der Waals surface area contributed by atoms with Crippen LogP contribution in [0.3, 0.4) is 0 Å². The standard InChI is InChI=1S/C27H25NO5/c1-4-33-22-13-6-10-19(15-22)25(29)23-24(18-9-5-8-17(2)14-18)28(27(31)26(23)30)20-11-7-12-21(16-20)32-3/h5-16,24,29H,4H2,1-3H3/b25-23+. The van der Waals surface area contributed by atoms with Crippen LogP contribution in [0.1, 0.15) is 29.7 Å². The van der Waals surface area contributed by atoms with Crippen LogP contribution in [0.5, 0.6) is 11.5 Å². The summed E-state index contributed by atoms with van der Waals surface area (Å²) in [5.74, 6) is -0.579. The molecule has 4 rings (SSSR count). The zero-order valence-corrected chi connectivity index (χ0v) is 18.7. The maximum absolute atomic E-state index is 13.3. The van der Waals surface area contributed by atoms with Gasteiger partial charge in [-0.05, 0) is 43.7 Å². The summed E-state index contributed by atoms with van der Waals surface area (Å²) in [5, 5.41) is 11.3. The molecule has 0 radical (unpaired) electrons. The lowest BCUT2D eigenvalue weighted by Gasteiger charge is -2.26. The van der Waals surface area contributed by atoms with E-state index in [9.17, 15) is 14.7 Å². The third-order valence-corrected chi connectivity index (χ3v) is 5.55. The zero-order chi connectivity index (χ0) is 23.5. The number of aliphatic hydroxyl groups excluding tert-OH is 1. The number of Topliss-reactive ketones (excluding diaryl/α,β-unsaturated/α-hetero) is 1. The molecule has 0 spiro atoms. The number of methoxy groups -OCH3 is 1. The van der Waals surface area contributed by atoms with Crippen molar-refractivity contribution in [2.24, 2.45) is 0 Å². The van der Waals surface area contributed by atoms with Crippen molar-refractivity contribution in [3.05, 3.63) is 95.1 Å². The van der Waals surface area contributed by atoms with E-state index >= 15 is 0 Å². The molecule has 0 bridgehead atoms. The van der Waals surface area contributed by atoms with Crippen molar-refractivity contribution >= 4 is 23.1 Å². The number of nitrogens with zero attached hydrogens (tertiary/aromatic N) is 1. The summed E-state index contributed by atoms with van der Waals surface area (Å²) in [4.78, 5) is 27.9. The first kappa shape index (κ1) is 22.1. The Balaban J connectivity index is 1.93. The predicted octanol–water partition coefficient (Wildman–Crippen LogP) is 5.03. The highest BCUT2D eigenvalue weighted by Crippen LogP contribution is 2.43. The fourth-order valence-corrected chi connectivity index (χ4v) is 4.07. The Hall–Kier alpha value is -4.06. The highest BCUT2D eigenvalue weighted by atomic mass is 16.5. The van der Waals surface area contributed by atoms with Crippen molar-refractivity contribution in [1.82, 2.24) is 0 Å². The number of anilines is 1. The van der Waals surface area contributed by atoms with E-state index in [1.807, 2.05) is 38.1 Å². The number of rotatable bonds is 6.